The van der Waals surface area contributed by atoms with Crippen molar-refractivity contribution in [2.24, 2.45) is 7.05 Å². The zero-order valence-electron chi connectivity index (χ0n) is 18.2. The minimum atomic E-state index is -3.53. The fourth-order valence-corrected chi connectivity index (χ4v) is 4.38. The van der Waals surface area contributed by atoms with Crippen LogP contribution in [0.15, 0.2) is 23.1 Å². The molecule has 0 radical (unpaired) electrons. The summed E-state index contributed by atoms with van der Waals surface area (Å²) in [5.41, 5.74) is 3.87. The maximum atomic E-state index is 12.5. The van der Waals surface area contributed by atoms with Crippen LogP contribution >= 0.6 is 0 Å². The van der Waals surface area contributed by atoms with Gasteiger partial charge in [-0.15, -0.1) is 0 Å². The van der Waals surface area contributed by atoms with Crippen molar-refractivity contribution in [3.63, 3.8) is 0 Å². The molecule has 10 heteroatoms. The summed E-state index contributed by atoms with van der Waals surface area (Å²) in [7, 11) is 1.31. The van der Waals surface area contributed by atoms with E-state index in [2.05, 4.69) is 15.4 Å². The highest BCUT2D eigenvalue weighted by Gasteiger charge is 2.20. The standard InChI is InChI=1S/C20H28N6O3S/c1-7-26-17-9-8-15(30(28,29)24(4)5)12-16(17)21-18(26)10-11-19(27)22-20-13(2)23-25(6)14(20)3/h8-9,12H,7,10-11H2,1-6H3,(H,22,27). The number of hydrogen-bond donors (Lipinski definition) is 1. The number of hydrogen-bond acceptors (Lipinski definition) is 5. The summed E-state index contributed by atoms with van der Waals surface area (Å²) in [4.78, 5) is 17.3. The minimum Gasteiger partial charge on any atom is -0.328 e. The molecule has 0 saturated heterocycles. The summed E-state index contributed by atoms with van der Waals surface area (Å²) in [5, 5.41) is 7.25. The smallest absolute Gasteiger partial charge is 0.242 e. The van der Waals surface area contributed by atoms with Crippen molar-refractivity contribution < 1.29 is 13.2 Å². The van der Waals surface area contributed by atoms with Gasteiger partial charge in [0.1, 0.15) is 5.82 Å². The van der Waals surface area contributed by atoms with Gasteiger partial charge in [0.2, 0.25) is 15.9 Å². The van der Waals surface area contributed by atoms with Crippen LogP contribution in [-0.4, -0.2) is 52.1 Å². The highest BCUT2D eigenvalue weighted by atomic mass is 32.2. The Hall–Kier alpha value is -2.72. The molecule has 1 N–H and O–H groups in total. The van der Waals surface area contributed by atoms with E-state index in [0.29, 0.717) is 18.5 Å². The summed E-state index contributed by atoms with van der Waals surface area (Å²) >= 11 is 0. The van der Waals surface area contributed by atoms with Gasteiger partial charge in [-0.25, -0.2) is 17.7 Å². The van der Waals surface area contributed by atoms with E-state index in [1.807, 2.05) is 32.4 Å². The van der Waals surface area contributed by atoms with Crippen molar-refractivity contribution in [1.82, 2.24) is 23.6 Å². The highest BCUT2D eigenvalue weighted by Crippen LogP contribution is 2.23. The van der Waals surface area contributed by atoms with Gasteiger partial charge in [-0.1, -0.05) is 0 Å². The van der Waals surface area contributed by atoms with Crippen LogP contribution in [-0.2, 0) is 34.8 Å². The van der Waals surface area contributed by atoms with Crippen LogP contribution < -0.4 is 5.32 Å². The number of aryl methyl sites for hydroxylation is 4. The van der Waals surface area contributed by atoms with Gasteiger partial charge in [-0.3, -0.25) is 9.48 Å². The number of sulfonamides is 1. The Balaban J connectivity index is 1.82. The van der Waals surface area contributed by atoms with Crippen LogP contribution in [0.5, 0.6) is 0 Å². The molecule has 0 aliphatic carbocycles. The van der Waals surface area contributed by atoms with Gasteiger partial charge in [0.05, 0.1) is 33.0 Å². The first-order chi connectivity index (χ1) is 14.1. The Morgan fingerprint density at radius 1 is 1.23 bits per heavy atom. The number of amides is 1. The Bertz CT molecular complexity index is 1210. The molecule has 0 aliphatic rings. The average Bonchev–Trinajstić information content (AvgIpc) is 3.16. The second-order valence-electron chi connectivity index (χ2n) is 7.43. The Morgan fingerprint density at radius 3 is 2.50 bits per heavy atom. The van der Waals surface area contributed by atoms with E-state index in [9.17, 15) is 13.2 Å². The lowest BCUT2D eigenvalue weighted by Crippen LogP contribution is -2.22. The molecule has 0 fully saturated rings. The quantitative estimate of drug-likeness (QED) is 0.617. The third-order valence-electron chi connectivity index (χ3n) is 5.24. The second-order valence-corrected chi connectivity index (χ2v) is 9.58. The molecule has 3 rings (SSSR count). The third-order valence-corrected chi connectivity index (χ3v) is 7.05. The zero-order valence-corrected chi connectivity index (χ0v) is 19.0. The Kier molecular flexibility index (Phi) is 6.00. The van der Waals surface area contributed by atoms with Crippen LogP contribution in [0.4, 0.5) is 5.69 Å². The van der Waals surface area contributed by atoms with Gasteiger partial charge in [-0.2, -0.15) is 5.10 Å². The van der Waals surface area contributed by atoms with Gasteiger partial charge in [0, 0.05) is 40.5 Å². The number of anilines is 1. The summed E-state index contributed by atoms with van der Waals surface area (Å²) in [6.45, 7) is 6.44. The molecule has 1 amide bonds. The van der Waals surface area contributed by atoms with E-state index in [1.165, 1.54) is 18.4 Å². The van der Waals surface area contributed by atoms with E-state index in [1.54, 1.807) is 22.9 Å². The minimum absolute atomic E-state index is 0.111. The third kappa shape index (κ3) is 3.97. The Labute approximate surface area is 176 Å². The summed E-state index contributed by atoms with van der Waals surface area (Å²) < 4.78 is 29.8. The average molecular weight is 433 g/mol. The van der Waals surface area contributed by atoms with E-state index in [-0.39, 0.29) is 17.2 Å². The normalized spacial score (nSPS) is 12.1. The molecule has 2 aromatic heterocycles. The van der Waals surface area contributed by atoms with Crippen LogP contribution in [0.2, 0.25) is 0 Å². The van der Waals surface area contributed by atoms with Crippen LogP contribution in [0.25, 0.3) is 11.0 Å². The number of imidazole rings is 1. The van der Waals surface area contributed by atoms with E-state index in [4.69, 9.17) is 0 Å². The van der Waals surface area contributed by atoms with E-state index >= 15 is 0 Å². The first kappa shape index (κ1) is 22.0. The molecule has 0 spiro atoms. The molecule has 2 heterocycles. The predicted octanol–water partition coefficient (Wildman–Crippen LogP) is 2.23. The van der Waals surface area contributed by atoms with Gasteiger partial charge in [-0.05, 0) is 39.0 Å². The summed E-state index contributed by atoms with van der Waals surface area (Å²) in [6.07, 6.45) is 0.711. The van der Waals surface area contributed by atoms with Crippen LogP contribution in [0, 0.1) is 13.8 Å². The predicted molar refractivity (Wildman–Crippen MR) is 116 cm³/mol. The largest absolute Gasteiger partial charge is 0.328 e. The number of carbonyl (C=O) groups excluding carboxylic acids is 1. The lowest BCUT2D eigenvalue weighted by Gasteiger charge is -2.11. The number of rotatable bonds is 7. The monoisotopic (exact) mass is 432 g/mol. The van der Waals surface area contributed by atoms with Crippen molar-refractivity contribution in [3.8, 4) is 0 Å². The van der Waals surface area contributed by atoms with Crippen molar-refractivity contribution in [2.45, 2.75) is 45.1 Å². The number of benzene rings is 1. The van der Waals surface area contributed by atoms with Crippen molar-refractivity contribution in [1.29, 1.82) is 0 Å². The molecule has 30 heavy (non-hydrogen) atoms. The van der Waals surface area contributed by atoms with Crippen molar-refractivity contribution in [2.75, 3.05) is 19.4 Å². The summed E-state index contributed by atoms with van der Waals surface area (Å²) in [6, 6.07) is 4.95. The van der Waals surface area contributed by atoms with Crippen LogP contribution in [0.3, 0.4) is 0 Å². The van der Waals surface area contributed by atoms with Crippen molar-refractivity contribution >= 4 is 32.7 Å². The fourth-order valence-electron chi connectivity index (χ4n) is 3.46. The van der Waals surface area contributed by atoms with E-state index < -0.39 is 10.0 Å². The molecule has 0 unspecified atom stereocenters. The van der Waals surface area contributed by atoms with Gasteiger partial charge in [0.25, 0.3) is 0 Å². The molecule has 0 bridgehead atoms. The fraction of sp³-hybridized carbons (Fsp3) is 0.450. The first-order valence-electron chi connectivity index (χ1n) is 9.78. The molecular weight excluding hydrogens is 404 g/mol. The van der Waals surface area contributed by atoms with Gasteiger partial charge >= 0.3 is 0 Å². The number of nitrogens with one attached hydrogen (secondary N) is 1. The topological polar surface area (TPSA) is 102 Å². The highest BCUT2D eigenvalue weighted by molar-refractivity contribution is 7.89. The maximum Gasteiger partial charge on any atom is 0.242 e. The molecule has 0 aliphatic heterocycles. The Morgan fingerprint density at radius 2 is 1.93 bits per heavy atom. The zero-order chi connectivity index (χ0) is 22.2. The molecule has 0 atom stereocenters. The lowest BCUT2D eigenvalue weighted by molar-refractivity contribution is -0.116. The van der Waals surface area contributed by atoms with E-state index in [0.717, 1.165) is 28.4 Å². The van der Waals surface area contributed by atoms with Gasteiger partial charge < -0.3 is 9.88 Å². The molecule has 1 aromatic carbocycles. The number of aromatic nitrogens is 4. The molecular formula is C20H28N6O3S. The van der Waals surface area contributed by atoms with Crippen LogP contribution in [0.1, 0.15) is 30.6 Å². The maximum absolute atomic E-state index is 12.5. The molecule has 162 valence electrons. The lowest BCUT2D eigenvalue weighted by atomic mass is 10.2. The first-order valence-corrected chi connectivity index (χ1v) is 11.2. The number of fused-ring (bicyclic) bond motifs is 1. The molecule has 0 saturated carbocycles. The van der Waals surface area contributed by atoms with Crippen molar-refractivity contribution in [3.05, 3.63) is 35.4 Å². The number of carbonyl (C=O) groups is 1. The summed E-state index contributed by atoms with van der Waals surface area (Å²) in [5.74, 6) is 0.640. The second kappa shape index (κ2) is 8.19. The number of nitrogens with zero attached hydrogens (tertiary/aromatic N) is 5. The molecule has 3 aromatic rings. The van der Waals surface area contributed by atoms with Gasteiger partial charge in [0.15, 0.2) is 0 Å². The SMILES string of the molecule is CCn1c(CCC(=O)Nc2c(C)nn(C)c2C)nc2cc(S(=O)(=O)N(C)C)ccc21. The molecule has 9 nitrogen and oxygen atoms in total.